The monoisotopic (exact) mass is 464 g/mol. The highest BCUT2D eigenvalue weighted by Gasteiger charge is 2.25. The second-order valence-electron chi connectivity index (χ2n) is 5.48. The van der Waals surface area contributed by atoms with Crippen LogP contribution in [-0.4, -0.2) is 23.9 Å². The molecule has 0 aliphatic carbocycles. The van der Waals surface area contributed by atoms with Crippen LogP contribution in [0.1, 0.15) is 16.7 Å². The average molecular weight is 464 g/mol. The van der Waals surface area contributed by atoms with Gasteiger partial charge in [-0.2, -0.15) is 0 Å². The Morgan fingerprint density at radius 1 is 1.27 bits per heavy atom. The molecule has 0 N–H and O–H groups in total. The van der Waals surface area contributed by atoms with Gasteiger partial charge in [-0.25, -0.2) is 9.79 Å². The van der Waals surface area contributed by atoms with Gasteiger partial charge in [-0.05, 0) is 65.4 Å². The SMILES string of the molecule is COc1ccc([N+](=O)[O-])cc1/C=C1\N=C(c2ccc(I)c(C)c2)OC1=O. The van der Waals surface area contributed by atoms with Gasteiger partial charge < -0.3 is 9.47 Å². The Hall–Kier alpha value is -2.75. The first-order valence-corrected chi connectivity index (χ1v) is 8.58. The van der Waals surface area contributed by atoms with Crippen molar-refractivity contribution >= 4 is 46.2 Å². The summed E-state index contributed by atoms with van der Waals surface area (Å²) in [4.78, 5) is 26.8. The van der Waals surface area contributed by atoms with Crippen molar-refractivity contribution in [1.29, 1.82) is 0 Å². The lowest BCUT2D eigenvalue weighted by Gasteiger charge is -2.04. The molecule has 0 unspecified atom stereocenters. The Bertz CT molecular complexity index is 982. The zero-order chi connectivity index (χ0) is 18.8. The average Bonchev–Trinajstić information content (AvgIpc) is 2.98. The number of carbonyl (C=O) groups excluding carboxylic acids is 1. The Morgan fingerprint density at radius 3 is 2.69 bits per heavy atom. The number of hydrogen-bond donors (Lipinski definition) is 0. The van der Waals surface area contributed by atoms with Crippen molar-refractivity contribution in [1.82, 2.24) is 0 Å². The first kappa shape index (κ1) is 18.1. The van der Waals surface area contributed by atoms with E-state index in [-0.39, 0.29) is 17.3 Å². The van der Waals surface area contributed by atoms with Crippen LogP contribution in [0.15, 0.2) is 47.1 Å². The van der Waals surface area contributed by atoms with Crippen molar-refractivity contribution in [3.8, 4) is 5.75 Å². The van der Waals surface area contributed by atoms with Crippen molar-refractivity contribution in [2.75, 3.05) is 7.11 Å². The van der Waals surface area contributed by atoms with Gasteiger partial charge in [0, 0.05) is 26.8 Å². The van der Waals surface area contributed by atoms with Crippen LogP contribution in [0.4, 0.5) is 5.69 Å². The first-order chi connectivity index (χ1) is 12.4. The fraction of sp³-hybridized carbons (Fsp3) is 0.111. The van der Waals surface area contributed by atoms with E-state index in [1.807, 2.05) is 25.1 Å². The maximum absolute atomic E-state index is 12.2. The van der Waals surface area contributed by atoms with E-state index in [9.17, 15) is 14.9 Å². The van der Waals surface area contributed by atoms with E-state index >= 15 is 0 Å². The molecule has 0 bridgehead atoms. The number of carbonyl (C=O) groups is 1. The summed E-state index contributed by atoms with van der Waals surface area (Å²) in [5.41, 5.74) is 2.04. The molecule has 8 heteroatoms. The van der Waals surface area contributed by atoms with Crippen LogP contribution in [0.25, 0.3) is 6.08 Å². The number of nitro benzene ring substituents is 1. The number of non-ortho nitro benzene ring substituents is 1. The summed E-state index contributed by atoms with van der Waals surface area (Å²) >= 11 is 2.22. The van der Waals surface area contributed by atoms with Crippen LogP contribution in [0.2, 0.25) is 0 Å². The quantitative estimate of drug-likeness (QED) is 0.225. The van der Waals surface area contributed by atoms with Gasteiger partial charge in [0.15, 0.2) is 5.70 Å². The van der Waals surface area contributed by atoms with E-state index in [0.717, 1.165) is 9.13 Å². The van der Waals surface area contributed by atoms with Gasteiger partial charge in [0.1, 0.15) is 5.75 Å². The van der Waals surface area contributed by atoms with E-state index in [1.165, 1.54) is 31.4 Å². The van der Waals surface area contributed by atoms with E-state index < -0.39 is 10.9 Å². The maximum atomic E-state index is 12.2. The van der Waals surface area contributed by atoms with E-state index in [0.29, 0.717) is 16.9 Å². The molecule has 0 aromatic heterocycles. The second-order valence-corrected chi connectivity index (χ2v) is 6.65. The topological polar surface area (TPSA) is 91.0 Å². The van der Waals surface area contributed by atoms with Crippen molar-refractivity contribution in [3.05, 3.63) is 72.5 Å². The minimum atomic E-state index is -0.621. The molecule has 0 saturated heterocycles. The Morgan fingerprint density at radius 2 is 2.04 bits per heavy atom. The lowest BCUT2D eigenvalue weighted by molar-refractivity contribution is -0.384. The summed E-state index contributed by atoms with van der Waals surface area (Å²) in [6, 6.07) is 9.73. The van der Waals surface area contributed by atoms with Gasteiger partial charge >= 0.3 is 5.97 Å². The Labute approximate surface area is 162 Å². The number of cyclic esters (lactones) is 1. The Balaban J connectivity index is 2.02. The molecule has 1 aliphatic rings. The van der Waals surface area contributed by atoms with Gasteiger partial charge in [-0.3, -0.25) is 10.1 Å². The summed E-state index contributed by atoms with van der Waals surface area (Å²) in [5, 5.41) is 11.0. The van der Waals surface area contributed by atoms with Crippen LogP contribution in [0, 0.1) is 20.6 Å². The molecule has 132 valence electrons. The third kappa shape index (κ3) is 3.59. The molecule has 26 heavy (non-hydrogen) atoms. The number of hydrogen-bond acceptors (Lipinski definition) is 6. The molecule has 3 rings (SSSR count). The minimum Gasteiger partial charge on any atom is -0.496 e. The third-order valence-corrected chi connectivity index (χ3v) is 4.95. The summed E-state index contributed by atoms with van der Waals surface area (Å²) in [7, 11) is 1.44. The molecule has 0 saturated carbocycles. The fourth-order valence-corrected chi connectivity index (χ4v) is 2.74. The lowest BCUT2D eigenvalue weighted by atomic mass is 10.1. The molecule has 0 spiro atoms. The lowest BCUT2D eigenvalue weighted by Crippen LogP contribution is -2.05. The number of esters is 1. The Kier molecular flexibility index (Phi) is 5.03. The maximum Gasteiger partial charge on any atom is 0.363 e. The van der Waals surface area contributed by atoms with Crippen LogP contribution in [-0.2, 0) is 9.53 Å². The fourth-order valence-electron chi connectivity index (χ4n) is 2.41. The zero-order valence-corrected chi connectivity index (χ0v) is 16.0. The van der Waals surface area contributed by atoms with Crippen LogP contribution in [0.5, 0.6) is 5.75 Å². The van der Waals surface area contributed by atoms with Crippen molar-refractivity contribution in [2.24, 2.45) is 4.99 Å². The largest absolute Gasteiger partial charge is 0.496 e. The van der Waals surface area contributed by atoms with Gasteiger partial charge in [0.2, 0.25) is 5.90 Å². The van der Waals surface area contributed by atoms with Crippen LogP contribution < -0.4 is 4.74 Å². The molecule has 7 nitrogen and oxygen atoms in total. The molecular formula is C18H13IN2O5. The van der Waals surface area contributed by atoms with Gasteiger partial charge in [-0.1, -0.05) is 0 Å². The summed E-state index contributed by atoms with van der Waals surface area (Å²) in [6.45, 7) is 1.95. The van der Waals surface area contributed by atoms with Crippen LogP contribution in [0.3, 0.4) is 0 Å². The van der Waals surface area contributed by atoms with E-state index in [1.54, 1.807) is 0 Å². The number of halogens is 1. The molecule has 1 heterocycles. The van der Waals surface area contributed by atoms with Crippen LogP contribution >= 0.6 is 22.6 Å². The summed E-state index contributed by atoms with van der Waals surface area (Å²) in [6.07, 6.45) is 1.42. The predicted molar refractivity (Wildman–Crippen MR) is 104 cm³/mol. The third-order valence-electron chi connectivity index (χ3n) is 3.74. The molecule has 1 aliphatic heterocycles. The number of aryl methyl sites for hydroxylation is 1. The molecule has 0 fully saturated rings. The first-order valence-electron chi connectivity index (χ1n) is 7.50. The smallest absolute Gasteiger partial charge is 0.363 e. The number of rotatable bonds is 4. The highest BCUT2D eigenvalue weighted by atomic mass is 127. The second kappa shape index (κ2) is 7.24. The van der Waals surface area contributed by atoms with E-state index in [4.69, 9.17) is 9.47 Å². The van der Waals surface area contributed by atoms with Gasteiger partial charge in [0.25, 0.3) is 5.69 Å². The van der Waals surface area contributed by atoms with E-state index in [2.05, 4.69) is 27.6 Å². The molecule has 0 radical (unpaired) electrons. The van der Waals surface area contributed by atoms with Crippen molar-refractivity contribution < 1.29 is 19.2 Å². The van der Waals surface area contributed by atoms with Crippen molar-refractivity contribution in [3.63, 3.8) is 0 Å². The number of nitro groups is 1. The number of aliphatic imine (C=N–C) groups is 1. The molecule has 0 amide bonds. The van der Waals surface area contributed by atoms with Gasteiger partial charge in [0.05, 0.1) is 12.0 Å². The van der Waals surface area contributed by atoms with Crippen molar-refractivity contribution in [2.45, 2.75) is 6.92 Å². The predicted octanol–water partition coefficient (Wildman–Crippen LogP) is 3.86. The highest BCUT2D eigenvalue weighted by Crippen LogP contribution is 2.28. The summed E-state index contributed by atoms with van der Waals surface area (Å²) < 4.78 is 11.5. The number of ether oxygens (including phenoxy) is 2. The highest BCUT2D eigenvalue weighted by molar-refractivity contribution is 14.1. The molecule has 0 atom stereocenters. The number of methoxy groups -OCH3 is 1. The standard InChI is InChI=1S/C18H13IN2O5/c1-10-7-11(3-5-14(10)19)17-20-15(18(22)26-17)9-12-8-13(21(23)24)4-6-16(12)25-2/h3-9H,1-2H3/b15-9-. The normalized spacial score (nSPS) is 15.0. The minimum absolute atomic E-state index is 0.0509. The molecular weight excluding hydrogens is 451 g/mol. The summed E-state index contributed by atoms with van der Waals surface area (Å²) in [5.74, 6) is -0.0282. The number of nitrogens with zero attached hydrogens (tertiary/aromatic N) is 2. The zero-order valence-electron chi connectivity index (χ0n) is 13.9. The van der Waals surface area contributed by atoms with Gasteiger partial charge in [-0.15, -0.1) is 0 Å². The number of benzene rings is 2. The molecule has 2 aromatic carbocycles. The molecule has 2 aromatic rings.